The van der Waals surface area contributed by atoms with Gasteiger partial charge in [0, 0.05) is 32.2 Å². The van der Waals surface area contributed by atoms with Crippen LogP contribution in [0.1, 0.15) is 38.5 Å². The van der Waals surface area contributed by atoms with E-state index in [2.05, 4.69) is 10.6 Å². The second-order valence-electron chi connectivity index (χ2n) is 4.87. The van der Waals surface area contributed by atoms with Gasteiger partial charge >= 0.3 is 0 Å². The molecule has 1 heterocycles. The lowest BCUT2D eigenvalue weighted by Gasteiger charge is -2.35. The van der Waals surface area contributed by atoms with E-state index < -0.39 is 0 Å². The van der Waals surface area contributed by atoms with Crippen molar-refractivity contribution in [1.29, 1.82) is 0 Å². The van der Waals surface area contributed by atoms with E-state index in [1.54, 1.807) is 7.11 Å². The maximum Gasteiger partial charge on any atom is 0.220 e. The molecule has 0 aromatic rings. The number of carbonyl (C=O) groups excluding carboxylic acids is 1. The molecule has 2 N–H and O–H groups in total. The number of ether oxygens (including phenoxy) is 1. The van der Waals surface area contributed by atoms with Gasteiger partial charge in [0.15, 0.2) is 0 Å². The third-order valence-electron chi connectivity index (χ3n) is 3.72. The number of rotatable bonds is 3. The fourth-order valence-electron chi connectivity index (χ4n) is 2.75. The van der Waals surface area contributed by atoms with Crippen molar-refractivity contribution >= 4 is 5.91 Å². The number of nitrogens with one attached hydrogen (secondary N) is 2. The van der Waals surface area contributed by atoms with Crippen LogP contribution in [0.4, 0.5) is 0 Å². The number of amides is 1. The smallest absolute Gasteiger partial charge is 0.220 e. The molecule has 0 radical (unpaired) electrons. The van der Waals surface area contributed by atoms with Gasteiger partial charge in [0.05, 0.1) is 6.10 Å². The molecule has 2 aliphatic rings. The van der Waals surface area contributed by atoms with E-state index in [0.29, 0.717) is 24.6 Å². The number of piperidine rings is 1. The Hall–Kier alpha value is -0.610. The van der Waals surface area contributed by atoms with Gasteiger partial charge in [-0.05, 0) is 19.3 Å². The highest BCUT2D eigenvalue weighted by molar-refractivity contribution is 5.76. The first-order chi connectivity index (χ1) is 7.79. The van der Waals surface area contributed by atoms with Gasteiger partial charge in [-0.3, -0.25) is 4.79 Å². The molecule has 4 nitrogen and oxygen atoms in total. The number of methoxy groups -OCH3 is 1. The molecule has 2 rings (SSSR count). The summed E-state index contributed by atoms with van der Waals surface area (Å²) in [7, 11) is 1.80. The summed E-state index contributed by atoms with van der Waals surface area (Å²) in [5.41, 5.74) is 0. The third-order valence-corrected chi connectivity index (χ3v) is 3.72. The number of hydrogen-bond donors (Lipinski definition) is 2. The Labute approximate surface area is 97.1 Å². The van der Waals surface area contributed by atoms with Gasteiger partial charge in [0.2, 0.25) is 5.91 Å². The van der Waals surface area contributed by atoms with Crippen molar-refractivity contribution in [3.05, 3.63) is 0 Å². The Morgan fingerprint density at radius 3 is 2.81 bits per heavy atom. The maximum absolute atomic E-state index is 11.1. The second kappa shape index (κ2) is 5.64. The predicted molar refractivity (Wildman–Crippen MR) is 62.2 cm³/mol. The van der Waals surface area contributed by atoms with E-state index in [1.165, 1.54) is 19.3 Å². The lowest BCUT2D eigenvalue weighted by Crippen LogP contribution is -2.53. The Bertz CT molecular complexity index is 235. The third kappa shape index (κ3) is 2.95. The highest BCUT2D eigenvalue weighted by Gasteiger charge is 2.28. The van der Waals surface area contributed by atoms with Crippen molar-refractivity contribution in [2.75, 3.05) is 13.7 Å². The molecule has 1 saturated carbocycles. The van der Waals surface area contributed by atoms with Crippen LogP contribution < -0.4 is 10.6 Å². The maximum atomic E-state index is 11.1. The average Bonchev–Trinajstić information content (AvgIpc) is 2.33. The molecule has 0 spiro atoms. The van der Waals surface area contributed by atoms with Crippen molar-refractivity contribution in [2.45, 2.75) is 56.7 Å². The van der Waals surface area contributed by atoms with Crippen LogP contribution in [0.2, 0.25) is 0 Å². The van der Waals surface area contributed by atoms with Crippen LogP contribution in [0.15, 0.2) is 0 Å². The van der Waals surface area contributed by atoms with Gasteiger partial charge in [0.25, 0.3) is 0 Å². The van der Waals surface area contributed by atoms with E-state index in [4.69, 9.17) is 4.74 Å². The van der Waals surface area contributed by atoms with Gasteiger partial charge in [-0.25, -0.2) is 0 Å². The van der Waals surface area contributed by atoms with E-state index in [1.807, 2.05) is 0 Å². The van der Waals surface area contributed by atoms with Crippen LogP contribution in [-0.2, 0) is 9.53 Å². The molecule has 0 aromatic heterocycles. The molecular formula is C12H22N2O2. The monoisotopic (exact) mass is 226 g/mol. The van der Waals surface area contributed by atoms with Gasteiger partial charge < -0.3 is 15.4 Å². The first kappa shape index (κ1) is 11.9. The van der Waals surface area contributed by atoms with E-state index in [0.717, 1.165) is 19.4 Å². The summed E-state index contributed by atoms with van der Waals surface area (Å²) >= 11 is 0. The summed E-state index contributed by atoms with van der Waals surface area (Å²) in [6.45, 7) is 0.770. The van der Waals surface area contributed by atoms with E-state index in [-0.39, 0.29) is 5.91 Å². The quantitative estimate of drug-likeness (QED) is 0.749. The summed E-state index contributed by atoms with van der Waals surface area (Å²) < 4.78 is 5.52. The van der Waals surface area contributed by atoms with Crippen LogP contribution >= 0.6 is 0 Å². The summed E-state index contributed by atoms with van der Waals surface area (Å²) in [6, 6.07) is 0.900. The Morgan fingerprint density at radius 2 is 2.12 bits per heavy atom. The molecule has 1 aliphatic heterocycles. The van der Waals surface area contributed by atoms with Crippen molar-refractivity contribution < 1.29 is 9.53 Å². The standard InChI is InChI=1S/C12H22N2O2/c1-16-11-5-3-2-4-10(11)14-9-6-7-12(15)13-8-9/h9-11,14H,2-8H2,1H3,(H,13,15). The predicted octanol–water partition coefficient (Wildman–Crippen LogP) is 0.812. The van der Waals surface area contributed by atoms with Crippen molar-refractivity contribution in [2.24, 2.45) is 0 Å². The zero-order valence-corrected chi connectivity index (χ0v) is 10.00. The fourth-order valence-corrected chi connectivity index (χ4v) is 2.75. The molecule has 92 valence electrons. The highest BCUT2D eigenvalue weighted by atomic mass is 16.5. The molecule has 1 saturated heterocycles. The van der Waals surface area contributed by atoms with E-state index >= 15 is 0 Å². The minimum Gasteiger partial charge on any atom is -0.380 e. The normalized spacial score (nSPS) is 35.8. The SMILES string of the molecule is COC1CCCCC1NC1CCC(=O)NC1. The van der Waals surface area contributed by atoms with Crippen molar-refractivity contribution in [3.63, 3.8) is 0 Å². The lowest BCUT2D eigenvalue weighted by molar-refractivity contribution is -0.122. The molecule has 0 bridgehead atoms. The fraction of sp³-hybridized carbons (Fsp3) is 0.917. The lowest BCUT2D eigenvalue weighted by atomic mass is 9.91. The molecule has 1 amide bonds. The molecule has 3 atom stereocenters. The van der Waals surface area contributed by atoms with Gasteiger partial charge in [-0.2, -0.15) is 0 Å². The summed E-state index contributed by atoms with van der Waals surface area (Å²) in [6.07, 6.45) is 6.89. The van der Waals surface area contributed by atoms with Gasteiger partial charge in [-0.15, -0.1) is 0 Å². The second-order valence-corrected chi connectivity index (χ2v) is 4.87. The topological polar surface area (TPSA) is 50.4 Å². The summed E-state index contributed by atoms with van der Waals surface area (Å²) in [5.74, 6) is 0.185. The van der Waals surface area contributed by atoms with Gasteiger partial charge in [0.1, 0.15) is 0 Å². The van der Waals surface area contributed by atoms with Crippen LogP contribution in [-0.4, -0.2) is 37.7 Å². The summed E-state index contributed by atoms with van der Waals surface area (Å²) in [5, 5.41) is 6.55. The molecule has 1 aliphatic carbocycles. The molecule has 4 heteroatoms. The Kier molecular flexibility index (Phi) is 4.18. The largest absolute Gasteiger partial charge is 0.380 e. The first-order valence-electron chi connectivity index (χ1n) is 6.35. The summed E-state index contributed by atoms with van der Waals surface area (Å²) in [4.78, 5) is 11.1. The number of carbonyl (C=O) groups is 1. The minimum atomic E-state index is 0.185. The molecule has 2 fully saturated rings. The van der Waals surface area contributed by atoms with Crippen LogP contribution in [0.5, 0.6) is 0 Å². The van der Waals surface area contributed by atoms with Gasteiger partial charge in [-0.1, -0.05) is 12.8 Å². The zero-order valence-electron chi connectivity index (χ0n) is 10.00. The van der Waals surface area contributed by atoms with Crippen LogP contribution in [0, 0.1) is 0 Å². The molecule has 0 aromatic carbocycles. The first-order valence-corrected chi connectivity index (χ1v) is 6.35. The van der Waals surface area contributed by atoms with Crippen molar-refractivity contribution in [1.82, 2.24) is 10.6 Å². The highest BCUT2D eigenvalue weighted by Crippen LogP contribution is 2.21. The minimum absolute atomic E-state index is 0.185. The van der Waals surface area contributed by atoms with Crippen LogP contribution in [0.3, 0.4) is 0 Å². The molecular weight excluding hydrogens is 204 g/mol. The van der Waals surface area contributed by atoms with E-state index in [9.17, 15) is 4.79 Å². The zero-order chi connectivity index (χ0) is 11.4. The Balaban J connectivity index is 1.80. The van der Waals surface area contributed by atoms with Crippen LogP contribution in [0.25, 0.3) is 0 Å². The molecule has 16 heavy (non-hydrogen) atoms. The number of hydrogen-bond acceptors (Lipinski definition) is 3. The average molecular weight is 226 g/mol. The Morgan fingerprint density at radius 1 is 1.31 bits per heavy atom. The molecule has 3 unspecified atom stereocenters. The van der Waals surface area contributed by atoms with Crippen molar-refractivity contribution in [3.8, 4) is 0 Å².